The smallest absolute Gasteiger partial charge is 0.219 e. The maximum atomic E-state index is 11.6. The fourth-order valence-electron chi connectivity index (χ4n) is 2.53. The predicted molar refractivity (Wildman–Crippen MR) is 83.4 cm³/mol. The van der Waals surface area contributed by atoms with Gasteiger partial charge in [0, 0.05) is 5.57 Å². The summed E-state index contributed by atoms with van der Waals surface area (Å²) < 4.78 is -0.381. The molecule has 1 N–H and O–H groups in total. The summed E-state index contributed by atoms with van der Waals surface area (Å²) >= 11 is 1.29. The van der Waals surface area contributed by atoms with E-state index in [0.29, 0.717) is 17.3 Å². The first-order valence-electron chi connectivity index (χ1n) is 7.40. The van der Waals surface area contributed by atoms with E-state index in [2.05, 4.69) is 20.8 Å². The van der Waals surface area contributed by atoms with Crippen LogP contribution >= 0.6 is 11.8 Å². The van der Waals surface area contributed by atoms with E-state index >= 15 is 0 Å². The highest BCUT2D eigenvalue weighted by molar-refractivity contribution is 8.15. The summed E-state index contributed by atoms with van der Waals surface area (Å²) in [6, 6.07) is 0. The Morgan fingerprint density at radius 3 is 2.32 bits per heavy atom. The molecule has 0 radical (unpaired) electrons. The maximum Gasteiger partial charge on any atom is 0.219 e. The first-order valence-corrected chi connectivity index (χ1v) is 8.21. The third-order valence-corrected chi connectivity index (χ3v) is 5.41. The molecular weight excluding hydrogens is 256 g/mol. The molecule has 2 nitrogen and oxygen atoms in total. The highest BCUT2D eigenvalue weighted by Gasteiger charge is 2.41. The third-order valence-electron chi connectivity index (χ3n) is 4.07. The summed E-state index contributed by atoms with van der Waals surface area (Å²) in [4.78, 5) is 11.6. The SMILES string of the molecule is CC1=C(O)[C@@](C)(CCC(C)CCCC(C)C)SC1=O. The Morgan fingerprint density at radius 2 is 1.84 bits per heavy atom. The minimum atomic E-state index is -0.381. The van der Waals surface area contributed by atoms with Gasteiger partial charge in [0.25, 0.3) is 0 Å². The number of carbonyl (C=O) groups is 1. The normalized spacial score (nSPS) is 25.5. The molecule has 0 aromatic heterocycles. The Labute approximate surface area is 122 Å². The number of carbonyl (C=O) groups excluding carboxylic acids is 1. The summed E-state index contributed by atoms with van der Waals surface area (Å²) in [5.41, 5.74) is 0.542. The molecule has 0 saturated heterocycles. The molecule has 0 aromatic carbocycles. The number of aliphatic hydroxyl groups excluding tert-OH is 1. The molecule has 110 valence electrons. The molecule has 1 aliphatic rings. The van der Waals surface area contributed by atoms with E-state index < -0.39 is 0 Å². The molecular formula is C16H28O2S. The van der Waals surface area contributed by atoms with Crippen molar-refractivity contribution in [3.05, 3.63) is 11.3 Å². The largest absolute Gasteiger partial charge is 0.510 e. The lowest BCUT2D eigenvalue weighted by Gasteiger charge is -2.24. The highest BCUT2D eigenvalue weighted by atomic mass is 32.2. The van der Waals surface area contributed by atoms with Gasteiger partial charge in [-0.25, -0.2) is 0 Å². The molecule has 3 heteroatoms. The van der Waals surface area contributed by atoms with Gasteiger partial charge < -0.3 is 5.11 Å². The lowest BCUT2D eigenvalue weighted by atomic mass is 9.91. The molecule has 19 heavy (non-hydrogen) atoms. The Hall–Kier alpha value is -0.440. The molecule has 0 aliphatic carbocycles. The van der Waals surface area contributed by atoms with Crippen molar-refractivity contribution in [2.75, 3.05) is 0 Å². The van der Waals surface area contributed by atoms with E-state index in [1.165, 1.54) is 31.0 Å². The molecule has 1 unspecified atom stereocenters. The standard InChI is InChI=1S/C16H28O2S/c1-11(2)7-6-8-12(3)9-10-16(5)14(17)13(4)15(18)19-16/h11-12,17H,6-10H2,1-5H3/t12?,16-/m1/s1. The van der Waals surface area contributed by atoms with Crippen LogP contribution in [0.3, 0.4) is 0 Å². The van der Waals surface area contributed by atoms with Crippen molar-refractivity contribution in [1.82, 2.24) is 0 Å². The lowest BCUT2D eigenvalue weighted by Crippen LogP contribution is -2.21. The molecule has 0 aromatic rings. The zero-order valence-corrected chi connectivity index (χ0v) is 13.8. The molecule has 1 aliphatic heterocycles. The zero-order chi connectivity index (χ0) is 14.6. The van der Waals surface area contributed by atoms with Crippen molar-refractivity contribution in [3.8, 4) is 0 Å². The third kappa shape index (κ3) is 4.55. The maximum absolute atomic E-state index is 11.6. The molecule has 2 atom stereocenters. The van der Waals surface area contributed by atoms with E-state index in [0.717, 1.165) is 18.8 Å². The number of hydrogen-bond donors (Lipinski definition) is 1. The van der Waals surface area contributed by atoms with Crippen molar-refractivity contribution < 1.29 is 9.90 Å². The Balaban J connectivity index is 2.38. The van der Waals surface area contributed by atoms with Crippen LogP contribution in [0.1, 0.15) is 66.7 Å². The van der Waals surface area contributed by atoms with Crippen LogP contribution in [0.4, 0.5) is 0 Å². The topological polar surface area (TPSA) is 37.3 Å². The van der Waals surface area contributed by atoms with Gasteiger partial charge in [-0.2, -0.15) is 0 Å². The molecule has 1 rings (SSSR count). The van der Waals surface area contributed by atoms with Gasteiger partial charge in [0.15, 0.2) is 0 Å². The van der Waals surface area contributed by atoms with Gasteiger partial charge in [0.1, 0.15) is 5.76 Å². The summed E-state index contributed by atoms with van der Waals surface area (Å²) in [7, 11) is 0. The van der Waals surface area contributed by atoms with Crippen molar-refractivity contribution in [2.24, 2.45) is 11.8 Å². The van der Waals surface area contributed by atoms with Crippen LogP contribution in [-0.2, 0) is 4.79 Å². The highest BCUT2D eigenvalue weighted by Crippen LogP contribution is 2.45. The average molecular weight is 284 g/mol. The fraction of sp³-hybridized carbons (Fsp3) is 0.812. The van der Waals surface area contributed by atoms with Gasteiger partial charge in [0.2, 0.25) is 5.12 Å². The van der Waals surface area contributed by atoms with Gasteiger partial charge in [-0.15, -0.1) is 0 Å². The molecule has 0 spiro atoms. The number of hydrogen-bond acceptors (Lipinski definition) is 3. The van der Waals surface area contributed by atoms with E-state index in [4.69, 9.17) is 0 Å². The summed E-state index contributed by atoms with van der Waals surface area (Å²) in [6.07, 6.45) is 5.78. The van der Waals surface area contributed by atoms with Crippen LogP contribution in [0.15, 0.2) is 11.3 Å². The zero-order valence-electron chi connectivity index (χ0n) is 13.0. The predicted octanol–water partition coefficient (Wildman–Crippen LogP) is 5.09. The first-order chi connectivity index (χ1) is 8.76. The van der Waals surface area contributed by atoms with Crippen LogP contribution in [0.25, 0.3) is 0 Å². The van der Waals surface area contributed by atoms with Crippen LogP contribution in [-0.4, -0.2) is 15.0 Å². The minimum absolute atomic E-state index is 0.0347. The molecule has 0 saturated carbocycles. The van der Waals surface area contributed by atoms with Crippen molar-refractivity contribution in [1.29, 1.82) is 0 Å². The van der Waals surface area contributed by atoms with Gasteiger partial charge in [-0.05, 0) is 38.5 Å². The van der Waals surface area contributed by atoms with E-state index in [9.17, 15) is 9.90 Å². The van der Waals surface area contributed by atoms with Gasteiger partial charge in [-0.3, -0.25) is 4.79 Å². The summed E-state index contributed by atoms with van der Waals surface area (Å²) in [5.74, 6) is 1.75. The molecule has 0 fully saturated rings. The second kappa shape index (κ2) is 6.83. The van der Waals surface area contributed by atoms with E-state index in [-0.39, 0.29) is 9.86 Å². The summed E-state index contributed by atoms with van der Waals surface area (Å²) in [5, 5.41) is 10.1. The quantitative estimate of drug-likeness (QED) is 0.707. The van der Waals surface area contributed by atoms with Crippen LogP contribution in [0, 0.1) is 11.8 Å². The second-order valence-corrected chi connectivity index (χ2v) is 8.04. The average Bonchev–Trinajstić information content (AvgIpc) is 2.51. The minimum Gasteiger partial charge on any atom is -0.510 e. The number of thioether (sulfide) groups is 1. The number of rotatable bonds is 7. The molecule has 0 bridgehead atoms. The fourth-order valence-corrected chi connectivity index (χ4v) is 3.66. The van der Waals surface area contributed by atoms with Gasteiger partial charge >= 0.3 is 0 Å². The Kier molecular flexibility index (Phi) is 5.97. The molecule has 1 heterocycles. The van der Waals surface area contributed by atoms with Gasteiger partial charge in [0.05, 0.1) is 4.75 Å². The van der Waals surface area contributed by atoms with E-state index in [1.807, 2.05) is 6.92 Å². The van der Waals surface area contributed by atoms with E-state index in [1.54, 1.807) is 6.92 Å². The van der Waals surface area contributed by atoms with Crippen molar-refractivity contribution in [2.45, 2.75) is 71.5 Å². The first kappa shape index (κ1) is 16.6. The number of aliphatic hydroxyl groups is 1. The Morgan fingerprint density at radius 1 is 1.21 bits per heavy atom. The van der Waals surface area contributed by atoms with Crippen LogP contribution in [0.5, 0.6) is 0 Å². The lowest BCUT2D eigenvalue weighted by molar-refractivity contribution is -0.107. The molecule has 0 amide bonds. The Bertz CT molecular complexity index is 360. The summed E-state index contributed by atoms with van der Waals surface area (Å²) in [6.45, 7) is 10.5. The van der Waals surface area contributed by atoms with Crippen LogP contribution in [0.2, 0.25) is 0 Å². The van der Waals surface area contributed by atoms with Crippen molar-refractivity contribution in [3.63, 3.8) is 0 Å². The van der Waals surface area contributed by atoms with Gasteiger partial charge in [-0.1, -0.05) is 51.8 Å². The van der Waals surface area contributed by atoms with Crippen LogP contribution < -0.4 is 0 Å². The second-order valence-electron chi connectivity index (χ2n) is 6.56. The van der Waals surface area contributed by atoms with Crippen molar-refractivity contribution >= 4 is 16.9 Å². The monoisotopic (exact) mass is 284 g/mol.